The minimum Gasteiger partial charge on any atom is -0.497 e. The Balaban J connectivity index is 1.43. The van der Waals surface area contributed by atoms with Gasteiger partial charge in [0.25, 0.3) is 5.91 Å². The summed E-state index contributed by atoms with van der Waals surface area (Å²) in [6.45, 7) is 1.34. The van der Waals surface area contributed by atoms with E-state index >= 15 is 0 Å². The van der Waals surface area contributed by atoms with Crippen LogP contribution in [0.25, 0.3) is 10.9 Å². The summed E-state index contributed by atoms with van der Waals surface area (Å²) in [4.78, 5) is 15.7. The number of nitrogens with one attached hydrogen (secondary N) is 2. The molecule has 0 bridgehead atoms. The maximum atomic E-state index is 12.6. The fraction of sp³-hybridized carbons (Fsp3) is 0.286. The summed E-state index contributed by atoms with van der Waals surface area (Å²) in [6, 6.07) is 14.9. The molecule has 3 aromatic rings. The lowest BCUT2D eigenvalue weighted by atomic mass is 10.2. The second kappa shape index (κ2) is 7.72. The van der Waals surface area contributed by atoms with Gasteiger partial charge in [0, 0.05) is 35.3 Å². The molecule has 1 aromatic heterocycles. The Kier molecular flexibility index (Phi) is 4.98. The van der Waals surface area contributed by atoms with Gasteiger partial charge in [0.15, 0.2) is 0 Å². The van der Waals surface area contributed by atoms with Gasteiger partial charge in [-0.25, -0.2) is 0 Å². The number of amides is 1. The summed E-state index contributed by atoms with van der Waals surface area (Å²) in [7, 11) is 1.62. The van der Waals surface area contributed by atoms with Gasteiger partial charge in [0.2, 0.25) is 0 Å². The largest absolute Gasteiger partial charge is 0.497 e. The Morgan fingerprint density at radius 3 is 2.96 bits per heavy atom. The lowest BCUT2D eigenvalue weighted by molar-refractivity contribution is 0.0680. The zero-order chi connectivity index (χ0) is 18.6. The van der Waals surface area contributed by atoms with Crippen LogP contribution in [0.1, 0.15) is 23.3 Å². The van der Waals surface area contributed by atoms with Gasteiger partial charge in [-0.15, -0.1) is 0 Å². The summed E-state index contributed by atoms with van der Waals surface area (Å²) < 4.78 is 16.6. The number of ether oxygens (including phenoxy) is 3. The Bertz CT molecular complexity index is 944. The molecular formula is C21H22N2O4. The third-order valence-electron chi connectivity index (χ3n) is 4.63. The highest BCUT2D eigenvalue weighted by molar-refractivity contribution is 6.06. The van der Waals surface area contributed by atoms with Crippen LogP contribution in [-0.4, -0.2) is 37.3 Å². The number of carbonyl (C=O) groups excluding carboxylic acids is 1. The first-order valence-electron chi connectivity index (χ1n) is 9.04. The Hall–Kier alpha value is -2.99. The van der Waals surface area contributed by atoms with Crippen molar-refractivity contribution in [2.75, 3.05) is 25.6 Å². The van der Waals surface area contributed by atoms with Crippen molar-refractivity contribution in [1.82, 2.24) is 4.98 Å². The van der Waals surface area contributed by atoms with Crippen molar-refractivity contribution in [2.24, 2.45) is 0 Å². The van der Waals surface area contributed by atoms with Crippen molar-refractivity contribution < 1.29 is 19.0 Å². The summed E-state index contributed by atoms with van der Waals surface area (Å²) in [5, 5.41) is 3.86. The van der Waals surface area contributed by atoms with Gasteiger partial charge >= 0.3 is 0 Å². The molecule has 140 valence electrons. The van der Waals surface area contributed by atoms with Gasteiger partial charge < -0.3 is 24.5 Å². The highest BCUT2D eigenvalue weighted by Gasteiger charge is 2.16. The number of anilines is 1. The first-order chi connectivity index (χ1) is 13.2. The number of hydrogen-bond donors (Lipinski definition) is 2. The zero-order valence-electron chi connectivity index (χ0n) is 15.2. The first-order valence-corrected chi connectivity index (χ1v) is 9.04. The maximum Gasteiger partial charge on any atom is 0.272 e. The number of benzene rings is 2. The topological polar surface area (TPSA) is 72.6 Å². The number of methoxy groups -OCH3 is 1. The van der Waals surface area contributed by atoms with Crippen LogP contribution in [-0.2, 0) is 4.74 Å². The SMILES string of the molecule is COc1ccc2cc(C(=O)Nc3cccc(OCC4CCCO4)c3)[nH]c2c1. The van der Waals surface area contributed by atoms with E-state index in [2.05, 4.69) is 10.3 Å². The molecule has 1 aliphatic heterocycles. The molecule has 2 aromatic carbocycles. The minimum absolute atomic E-state index is 0.159. The maximum absolute atomic E-state index is 12.6. The van der Waals surface area contributed by atoms with Crippen molar-refractivity contribution in [2.45, 2.75) is 18.9 Å². The van der Waals surface area contributed by atoms with Crippen LogP contribution in [0.15, 0.2) is 48.5 Å². The number of aromatic nitrogens is 1. The van der Waals surface area contributed by atoms with Crippen LogP contribution in [0, 0.1) is 0 Å². The van der Waals surface area contributed by atoms with Crippen LogP contribution in [0.4, 0.5) is 5.69 Å². The van der Waals surface area contributed by atoms with Crippen LogP contribution in [0.3, 0.4) is 0 Å². The average molecular weight is 366 g/mol. The summed E-state index contributed by atoms with van der Waals surface area (Å²) >= 11 is 0. The fourth-order valence-corrected chi connectivity index (χ4v) is 3.18. The van der Waals surface area contributed by atoms with Crippen molar-refractivity contribution in [3.8, 4) is 11.5 Å². The predicted molar refractivity (Wildman–Crippen MR) is 104 cm³/mol. The van der Waals surface area contributed by atoms with E-state index in [9.17, 15) is 4.79 Å². The number of rotatable bonds is 6. The molecule has 4 rings (SSSR count). The molecule has 0 aliphatic carbocycles. The molecule has 1 aliphatic rings. The van der Waals surface area contributed by atoms with E-state index in [0.717, 1.165) is 36.1 Å². The number of H-pyrrole nitrogens is 1. The van der Waals surface area contributed by atoms with Crippen molar-refractivity contribution in [3.63, 3.8) is 0 Å². The van der Waals surface area contributed by atoms with Gasteiger partial charge in [-0.2, -0.15) is 0 Å². The molecule has 1 amide bonds. The molecule has 2 N–H and O–H groups in total. The number of hydrogen-bond acceptors (Lipinski definition) is 4. The number of fused-ring (bicyclic) bond motifs is 1. The highest BCUT2D eigenvalue weighted by Crippen LogP contribution is 2.23. The molecule has 6 heteroatoms. The molecule has 2 heterocycles. The quantitative estimate of drug-likeness (QED) is 0.692. The summed E-state index contributed by atoms with van der Waals surface area (Å²) in [6.07, 6.45) is 2.27. The Morgan fingerprint density at radius 1 is 1.22 bits per heavy atom. The van der Waals surface area contributed by atoms with Gasteiger partial charge in [0.1, 0.15) is 23.8 Å². The van der Waals surface area contributed by atoms with Gasteiger partial charge in [0.05, 0.1) is 13.2 Å². The van der Waals surface area contributed by atoms with E-state index in [1.807, 2.05) is 48.5 Å². The zero-order valence-corrected chi connectivity index (χ0v) is 15.2. The average Bonchev–Trinajstić information content (AvgIpc) is 3.35. The lowest BCUT2D eigenvalue weighted by Gasteiger charge is -2.12. The van der Waals surface area contributed by atoms with Gasteiger partial charge in [-0.1, -0.05) is 6.07 Å². The van der Waals surface area contributed by atoms with E-state index in [1.165, 1.54) is 0 Å². The van der Waals surface area contributed by atoms with E-state index < -0.39 is 0 Å². The fourth-order valence-electron chi connectivity index (χ4n) is 3.18. The van der Waals surface area contributed by atoms with E-state index in [-0.39, 0.29) is 12.0 Å². The lowest BCUT2D eigenvalue weighted by Crippen LogP contribution is -2.16. The normalized spacial score (nSPS) is 16.4. The third-order valence-corrected chi connectivity index (χ3v) is 4.63. The molecule has 27 heavy (non-hydrogen) atoms. The Morgan fingerprint density at radius 2 is 2.15 bits per heavy atom. The number of carbonyl (C=O) groups is 1. The second-order valence-electron chi connectivity index (χ2n) is 6.56. The molecular weight excluding hydrogens is 344 g/mol. The molecule has 6 nitrogen and oxygen atoms in total. The highest BCUT2D eigenvalue weighted by atomic mass is 16.5. The first kappa shape index (κ1) is 17.4. The second-order valence-corrected chi connectivity index (χ2v) is 6.56. The van der Waals surface area contributed by atoms with Crippen LogP contribution >= 0.6 is 0 Å². The minimum atomic E-state index is -0.207. The molecule has 0 radical (unpaired) electrons. The van der Waals surface area contributed by atoms with Crippen LogP contribution in [0.5, 0.6) is 11.5 Å². The molecule has 1 saturated heterocycles. The van der Waals surface area contributed by atoms with E-state index in [4.69, 9.17) is 14.2 Å². The smallest absolute Gasteiger partial charge is 0.272 e. The third kappa shape index (κ3) is 4.06. The molecule has 1 atom stereocenters. The van der Waals surface area contributed by atoms with Gasteiger partial charge in [-0.05, 0) is 43.2 Å². The predicted octanol–water partition coefficient (Wildman–Crippen LogP) is 3.99. The number of aromatic amines is 1. The Labute approximate surface area is 157 Å². The van der Waals surface area contributed by atoms with Crippen molar-refractivity contribution in [1.29, 1.82) is 0 Å². The van der Waals surface area contributed by atoms with Crippen molar-refractivity contribution in [3.05, 3.63) is 54.2 Å². The van der Waals surface area contributed by atoms with Crippen LogP contribution < -0.4 is 14.8 Å². The van der Waals surface area contributed by atoms with Gasteiger partial charge in [-0.3, -0.25) is 4.79 Å². The van der Waals surface area contributed by atoms with E-state index in [0.29, 0.717) is 23.7 Å². The van der Waals surface area contributed by atoms with E-state index in [1.54, 1.807) is 7.11 Å². The molecule has 1 unspecified atom stereocenters. The summed E-state index contributed by atoms with van der Waals surface area (Å²) in [5.41, 5.74) is 2.03. The summed E-state index contributed by atoms with van der Waals surface area (Å²) in [5.74, 6) is 1.25. The molecule has 1 fully saturated rings. The van der Waals surface area contributed by atoms with Crippen LogP contribution in [0.2, 0.25) is 0 Å². The molecule has 0 saturated carbocycles. The monoisotopic (exact) mass is 366 g/mol. The molecule has 0 spiro atoms. The van der Waals surface area contributed by atoms with Crippen molar-refractivity contribution >= 4 is 22.5 Å². The standard InChI is InChI=1S/C21H22N2O4/c1-25-16-8-7-14-10-20(23-19(14)12-16)21(24)22-15-4-2-5-17(11-15)27-13-18-6-3-9-26-18/h2,4-5,7-8,10-12,18,23H,3,6,9,13H2,1H3,(H,22,24).